The van der Waals surface area contributed by atoms with Crippen molar-refractivity contribution in [3.05, 3.63) is 46.0 Å². The minimum atomic E-state index is -4.54. The molecule has 0 bridgehead atoms. The molecule has 0 unspecified atom stereocenters. The molecular weight excluding hydrogens is 393 g/mol. The number of aliphatic hydroxyl groups excluding tert-OH is 2. The Morgan fingerprint density at radius 2 is 1.46 bits per heavy atom. The fraction of sp³-hybridized carbons (Fsp3) is 0.375. The maximum Gasteiger partial charge on any atom is 0.469 e. The largest absolute Gasteiger partial charge is 0.506 e. The first-order valence-electron chi connectivity index (χ1n) is 8.00. The molecule has 2 rings (SSSR count). The van der Waals surface area contributed by atoms with Crippen LogP contribution >= 0.6 is 7.82 Å². The maximum absolute atomic E-state index is 10.5. The van der Waals surface area contributed by atoms with Crippen molar-refractivity contribution in [3.63, 3.8) is 0 Å². The lowest BCUT2D eigenvalue weighted by molar-refractivity contribution is 0.188. The van der Waals surface area contributed by atoms with E-state index in [0.29, 0.717) is 33.6 Å². The second-order valence-electron chi connectivity index (χ2n) is 5.68. The average Bonchev–Trinajstić information content (AvgIpc) is 2.64. The minimum absolute atomic E-state index is 0.0368. The van der Waals surface area contributed by atoms with Gasteiger partial charge in [-0.15, -0.1) is 0 Å². The van der Waals surface area contributed by atoms with E-state index in [-0.39, 0.29) is 37.9 Å². The van der Waals surface area contributed by atoms with Crippen molar-refractivity contribution >= 4 is 7.82 Å². The molecule has 0 aliphatic rings. The molecule has 0 radical (unpaired) electrons. The molecule has 2 heterocycles. The summed E-state index contributed by atoms with van der Waals surface area (Å²) in [6.45, 7) is 2.41. The number of nitrogens with two attached hydrogens (primary N) is 1. The van der Waals surface area contributed by atoms with Gasteiger partial charge in [-0.3, -0.25) is 14.5 Å². The van der Waals surface area contributed by atoms with Gasteiger partial charge >= 0.3 is 7.82 Å². The van der Waals surface area contributed by atoms with E-state index < -0.39 is 7.82 Å². The lowest BCUT2D eigenvalue weighted by Crippen LogP contribution is -2.05. The fourth-order valence-corrected chi connectivity index (χ4v) is 2.49. The number of aromatic nitrogens is 2. The smallest absolute Gasteiger partial charge is 0.469 e. The van der Waals surface area contributed by atoms with E-state index in [1.54, 1.807) is 13.8 Å². The third-order valence-electron chi connectivity index (χ3n) is 3.78. The van der Waals surface area contributed by atoms with Crippen LogP contribution in [0.3, 0.4) is 0 Å². The van der Waals surface area contributed by atoms with E-state index >= 15 is 0 Å². The van der Waals surface area contributed by atoms with Gasteiger partial charge in [0.1, 0.15) is 11.5 Å². The van der Waals surface area contributed by atoms with Crippen LogP contribution in [0.2, 0.25) is 0 Å². The van der Waals surface area contributed by atoms with Crippen LogP contribution in [0.15, 0.2) is 12.4 Å². The van der Waals surface area contributed by atoms with Crippen LogP contribution in [0.5, 0.6) is 11.5 Å². The zero-order valence-electron chi connectivity index (χ0n) is 15.4. The third-order valence-corrected chi connectivity index (χ3v) is 4.25. The van der Waals surface area contributed by atoms with Crippen LogP contribution in [0.25, 0.3) is 0 Å². The standard InChI is InChI=1S/C8H13N2O5P.C8H11NO3/c1-5-8(11)7(2-9)6(3-10-5)4-15-16(12,13)14;1-5-8(12)7(4-11)6(3-10)2-9-5/h3,11H,2,4,9H2,1H3,(H2,12,13,14);2,10-12H,3-4H2,1H3. The Bertz CT molecular complexity index is 856. The van der Waals surface area contributed by atoms with Crippen LogP contribution in [0, 0.1) is 13.8 Å². The number of phosphoric acid groups is 1. The van der Waals surface area contributed by atoms with Crippen molar-refractivity contribution in [2.24, 2.45) is 5.73 Å². The Kier molecular flexibility index (Phi) is 8.92. The van der Waals surface area contributed by atoms with Crippen LogP contribution < -0.4 is 5.73 Å². The van der Waals surface area contributed by atoms with Gasteiger partial charge in [-0.1, -0.05) is 0 Å². The molecule has 8 N–H and O–H groups in total. The molecule has 0 saturated heterocycles. The van der Waals surface area contributed by atoms with Crippen molar-refractivity contribution in [2.45, 2.75) is 40.2 Å². The highest BCUT2D eigenvalue weighted by molar-refractivity contribution is 7.46. The van der Waals surface area contributed by atoms with Gasteiger partial charge in [-0.2, -0.15) is 0 Å². The highest BCUT2D eigenvalue weighted by Crippen LogP contribution is 2.37. The zero-order chi connectivity index (χ0) is 21.5. The molecule has 0 spiro atoms. The SMILES string of the molecule is Cc1ncc(CO)c(CO)c1O.Cc1ncc(COP(=O)(O)O)c(CN)c1O. The Morgan fingerprint density at radius 1 is 0.964 bits per heavy atom. The van der Waals surface area contributed by atoms with Crippen molar-refractivity contribution in [1.29, 1.82) is 0 Å². The molecule has 2 aromatic rings. The first-order chi connectivity index (χ1) is 13.1. The molecular formula is C16H24N3O8P. The van der Waals surface area contributed by atoms with E-state index in [2.05, 4.69) is 14.5 Å². The topological polar surface area (TPSA) is 199 Å². The van der Waals surface area contributed by atoms with Crippen LogP contribution in [-0.2, 0) is 35.5 Å². The monoisotopic (exact) mass is 417 g/mol. The highest BCUT2D eigenvalue weighted by Gasteiger charge is 2.17. The number of nitrogens with zero attached hydrogens (tertiary/aromatic N) is 2. The van der Waals surface area contributed by atoms with Crippen molar-refractivity contribution in [3.8, 4) is 11.5 Å². The molecule has 0 aliphatic carbocycles. The number of hydrogen-bond donors (Lipinski definition) is 7. The zero-order valence-corrected chi connectivity index (χ0v) is 16.3. The van der Waals surface area contributed by atoms with E-state index in [9.17, 15) is 14.8 Å². The number of pyridine rings is 2. The molecule has 11 nitrogen and oxygen atoms in total. The van der Waals surface area contributed by atoms with E-state index in [1.165, 1.54) is 12.4 Å². The predicted molar refractivity (Wildman–Crippen MR) is 97.8 cm³/mol. The molecule has 156 valence electrons. The van der Waals surface area contributed by atoms with E-state index in [4.69, 9.17) is 25.7 Å². The molecule has 0 amide bonds. The number of hydrogen-bond acceptors (Lipinski definition) is 9. The predicted octanol–water partition coefficient (Wildman–Crippen LogP) is 0.244. The molecule has 0 fully saturated rings. The van der Waals surface area contributed by atoms with Gasteiger partial charge in [0, 0.05) is 41.2 Å². The number of rotatable bonds is 6. The molecule has 0 saturated carbocycles. The normalized spacial score (nSPS) is 11.1. The lowest BCUT2D eigenvalue weighted by atomic mass is 10.1. The summed E-state index contributed by atoms with van der Waals surface area (Å²) in [7, 11) is -4.54. The van der Waals surface area contributed by atoms with Gasteiger partial charge in [0.25, 0.3) is 0 Å². The molecule has 0 aromatic carbocycles. The van der Waals surface area contributed by atoms with Crippen molar-refractivity contribution < 1.29 is 39.3 Å². The minimum Gasteiger partial charge on any atom is -0.506 e. The first-order valence-corrected chi connectivity index (χ1v) is 9.53. The first kappa shape index (κ1) is 23.9. The fourth-order valence-electron chi connectivity index (χ4n) is 2.19. The number of phosphoric ester groups is 1. The summed E-state index contributed by atoms with van der Waals surface area (Å²) in [5.41, 5.74) is 7.82. The van der Waals surface area contributed by atoms with Gasteiger partial charge < -0.3 is 35.9 Å². The number of aromatic hydroxyl groups is 2. The average molecular weight is 417 g/mol. The number of aliphatic hydroxyl groups is 2. The summed E-state index contributed by atoms with van der Waals surface area (Å²) in [6.07, 6.45) is 2.81. The summed E-state index contributed by atoms with van der Waals surface area (Å²) >= 11 is 0. The second-order valence-corrected chi connectivity index (χ2v) is 6.92. The molecule has 12 heteroatoms. The van der Waals surface area contributed by atoms with Crippen molar-refractivity contribution in [2.75, 3.05) is 0 Å². The van der Waals surface area contributed by atoms with Crippen LogP contribution in [0.4, 0.5) is 0 Å². The Hall–Kier alpha value is -2.11. The van der Waals surface area contributed by atoms with Gasteiger partial charge in [-0.25, -0.2) is 4.57 Å². The molecule has 0 aliphatic heterocycles. The molecule has 28 heavy (non-hydrogen) atoms. The lowest BCUT2D eigenvalue weighted by Gasteiger charge is -2.11. The van der Waals surface area contributed by atoms with Crippen LogP contribution in [0.1, 0.15) is 33.6 Å². The third kappa shape index (κ3) is 6.50. The summed E-state index contributed by atoms with van der Waals surface area (Å²) < 4.78 is 14.8. The maximum atomic E-state index is 10.5. The highest BCUT2D eigenvalue weighted by atomic mass is 31.2. The quantitative estimate of drug-likeness (QED) is 0.318. The van der Waals surface area contributed by atoms with Crippen LogP contribution in [-0.4, -0.2) is 40.2 Å². The Balaban J connectivity index is 0.000000292. The summed E-state index contributed by atoms with van der Waals surface area (Å²) in [5.74, 6) is -0.113. The van der Waals surface area contributed by atoms with Gasteiger partial charge in [0.2, 0.25) is 0 Å². The summed E-state index contributed by atoms with van der Waals surface area (Å²) in [5, 5.41) is 36.7. The molecule has 0 atom stereocenters. The van der Waals surface area contributed by atoms with E-state index in [0.717, 1.165) is 0 Å². The van der Waals surface area contributed by atoms with Gasteiger partial charge in [-0.05, 0) is 13.8 Å². The summed E-state index contributed by atoms with van der Waals surface area (Å²) in [4.78, 5) is 24.8. The van der Waals surface area contributed by atoms with Gasteiger partial charge in [0.15, 0.2) is 0 Å². The van der Waals surface area contributed by atoms with Crippen molar-refractivity contribution in [1.82, 2.24) is 9.97 Å². The molecule has 2 aromatic heterocycles. The Morgan fingerprint density at radius 3 is 1.89 bits per heavy atom. The van der Waals surface area contributed by atoms with E-state index in [1.807, 2.05) is 0 Å². The number of aryl methyl sites for hydroxylation is 2. The summed E-state index contributed by atoms with van der Waals surface area (Å²) in [6, 6.07) is 0. The van der Waals surface area contributed by atoms with Gasteiger partial charge in [0.05, 0.1) is 31.2 Å². The Labute approximate surface area is 161 Å². The second kappa shape index (κ2) is 10.4.